The molecule has 21 heavy (non-hydrogen) atoms. The summed E-state index contributed by atoms with van der Waals surface area (Å²) in [5.74, 6) is -0.424. The maximum Gasteiger partial charge on any atom is 0.152 e. The number of aromatic nitrogens is 1. The first-order valence-electron chi connectivity index (χ1n) is 6.24. The van der Waals surface area contributed by atoms with Gasteiger partial charge in [-0.3, -0.25) is 0 Å². The molecule has 0 atom stereocenters. The van der Waals surface area contributed by atoms with Gasteiger partial charge in [0.25, 0.3) is 0 Å². The molecule has 0 aliphatic carbocycles. The highest BCUT2D eigenvalue weighted by molar-refractivity contribution is 9.10. The summed E-state index contributed by atoms with van der Waals surface area (Å²) in [6.45, 7) is 1.98. The predicted molar refractivity (Wildman–Crippen MR) is 90.4 cm³/mol. The van der Waals surface area contributed by atoms with Crippen LogP contribution in [-0.4, -0.2) is 4.98 Å². The lowest BCUT2D eigenvalue weighted by Crippen LogP contribution is -1.86. The molecular weight excluding hydrogens is 373 g/mol. The first-order valence-corrected chi connectivity index (χ1v) is 8.23. The Labute approximate surface area is 139 Å². The highest BCUT2D eigenvalue weighted by Crippen LogP contribution is 2.37. The van der Waals surface area contributed by atoms with Crippen LogP contribution >= 0.6 is 38.9 Å². The van der Waals surface area contributed by atoms with E-state index in [9.17, 15) is 4.39 Å². The van der Waals surface area contributed by atoms with Crippen molar-refractivity contribution in [2.24, 2.45) is 0 Å². The minimum absolute atomic E-state index is 0.114. The molecule has 0 unspecified atom stereocenters. The second-order valence-electron chi connectivity index (χ2n) is 4.51. The number of benzene rings is 2. The van der Waals surface area contributed by atoms with Crippen LogP contribution in [0.1, 0.15) is 4.88 Å². The second kappa shape index (κ2) is 5.87. The summed E-state index contributed by atoms with van der Waals surface area (Å²) in [4.78, 5) is 5.64. The van der Waals surface area contributed by atoms with Gasteiger partial charge in [-0.2, -0.15) is 0 Å². The topological polar surface area (TPSA) is 12.9 Å². The van der Waals surface area contributed by atoms with E-state index in [4.69, 9.17) is 11.6 Å². The van der Waals surface area contributed by atoms with Gasteiger partial charge >= 0.3 is 0 Å². The first-order chi connectivity index (χ1) is 10.1. The minimum Gasteiger partial charge on any atom is -0.236 e. The Morgan fingerprint density at radius 3 is 2.57 bits per heavy atom. The Bertz CT molecular complexity index is 816. The molecule has 0 radical (unpaired) electrons. The van der Waals surface area contributed by atoms with Crippen molar-refractivity contribution in [2.75, 3.05) is 0 Å². The van der Waals surface area contributed by atoms with Crippen molar-refractivity contribution in [1.82, 2.24) is 4.98 Å². The normalized spacial score (nSPS) is 10.9. The quantitative estimate of drug-likeness (QED) is 0.504. The van der Waals surface area contributed by atoms with Gasteiger partial charge in [-0.25, -0.2) is 9.37 Å². The van der Waals surface area contributed by atoms with Crippen LogP contribution in [0.25, 0.3) is 21.8 Å². The van der Waals surface area contributed by atoms with Gasteiger partial charge in [0.1, 0.15) is 5.01 Å². The Kier molecular flexibility index (Phi) is 4.11. The van der Waals surface area contributed by atoms with Crippen LogP contribution in [0.5, 0.6) is 0 Å². The van der Waals surface area contributed by atoms with E-state index < -0.39 is 5.82 Å². The maximum atomic E-state index is 14.1. The summed E-state index contributed by atoms with van der Waals surface area (Å²) >= 11 is 10.8. The molecular formula is C16H10BrClFNS. The third-order valence-electron chi connectivity index (χ3n) is 3.11. The van der Waals surface area contributed by atoms with E-state index in [1.807, 2.05) is 31.2 Å². The van der Waals surface area contributed by atoms with Crippen LogP contribution in [0, 0.1) is 12.7 Å². The Morgan fingerprint density at radius 1 is 1.10 bits per heavy atom. The third kappa shape index (κ3) is 2.76. The van der Waals surface area contributed by atoms with Crippen LogP contribution in [0.15, 0.2) is 46.9 Å². The zero-order valence-corrected chi connectivity index (χ0v) is 14.2. The lowest BCUT2D eigenvalue weighted by molar-refractivity contribution is 0.631. The van der Waals surface area contributed by atoms with Gasteiger partial charge in [0.2, 0.25) is 0 Å². The van der Waals surface area contributed by atoms with E-state index in [0.717, 1.165) is 20.6 Å². The number of halogens is 3. The fourth-order valence-electron chi connectivity index (χ4n) is 2.08. The van der Waals surface area contributed by atoms with Gasteiger partial charge in [0, 0.05) is 20.5 Å². The number of hydrogen-bond acceptors (Lipinski definition) is 2. The smallest absolute Gasteiger partial charge is 0.152 e. The van der Waals surface area contributed by atoms with Crippen LogP contribution < -0.4 is 0 Å². The maximum absolute atomic E-state index is 14.1. The van der Waals surface area contributed by atoms with Gasteiger partial charge in [-0.1, -0.05) is 51.8 Å². The molecule has 106 valence electrons. The average Bonchev–Trinajstić information content (AvgIpc) is 2.84. The van der Waals surface area contributed by atoms with E-state index in [2.05, 4.69) is 20.9 Å². The SMILES string of the molecule is Cc1sc(-c2cccc(Cl)c2F)nc1-c1ccccc1Br. The van der Waals surface area contributed by atoms with E-state index in [-0.39, 0.29) is 5.02 Å². The van der Waals surface area contributed by atoms with Crippen molar-refractivity contribution in [1.29, 1.82) is 0 Å². The van der Waals surface area contributed by atoms with Crippen LogP contribution in [-0.2, 0) is 0 Å². The Hall–Kier alpha value is -1.23. The zero-order valence-electron chi connectivity index (χ0n) is 11.0. The van der Waals surface area contributed by atoms with Crippen molar-refractivity contribution in [3.8, 4) is 21.8 Å². The first kappa shape index (κ1) is 14.7. The van der Waals surface area contributed by atoms with E-state index in [1.54, 1.807) is 12.1 Å². The summed E-state index contributed by atoms with van der Waals surface area (Å²) < 4.78 is 15.1. The Morgan fingerprint density at radius 2 is 1.81 bits per heavy atom. The molecule has 1 aromatic heterocycles. The number of hydrogen-bond donors (Lipinski definition) is 0. The Balaban J connectivity index is 2.15. The van der Waals surface area contributed by atoms with Crippen molar-refractivity contribution in [3.63, 3.8) is 0 Å². The van der Waals surface area contributed by atoms with Crippen LogP contribution in [0.4, 0.5) is 4.39 Å². The molecule has 5 heteroatoms. The highest BCUT2D eigenvalue weighted by Gasteiger charge is 2.16. The fraction of sp³-hybridized carbons (Fsp3) is 0.0625. The highest BCUT2D eigenvalue weighted by atomic mass is 79.9. The van der Waals surface area contributed by atoms with Gasteiger partial charge in [-0.05, 0) is 25.1 Å². The number of thiazole rings is 1. The van der Waals surface area contributed by atoms with E-state index in [0.29, 0.717) is 10.6 Å². The van der Waals surface area contributed by atoms with E-state index >= 15 is 0 Å². The second-order valence-corrected chi connectivity index (χ2v) is 6.97. The molecule has 0 fully saturated rings. The average molecular weight is 383 g/mol. The molecule has 0 amide bonds. The third-order valence-corrected chi connectivity index (χ3v) is 5.10. The van der Waals surface area contributed by atoms with Gasteiger partial charge < -0.3 is 0 Å². The molecule has 0 saturated heterocycles. The molecule has 2 aromatic carbocycles. The van der Waals surface area contributed by atoms with Crippen molar-refractivity contribution >= 4 is 38.9 Å². The summed E-state index contributed by atoms with van der Waals surface area (Å²) in [6, 6.07) is 12.8. The van der Waals surface area contributed by atoms with Crippen molar-refractivity contribution < 1.29 is 4.39 Å². The molecule has 0 aliphatic heterocycles. The van der Waals surface area contributed by atoms with Gasteiger partial charge in [-0.15, -0.1) is 11.3 Å². The lowest BCUT2D eigenvalue weighted by Gasteiger charge is -2.02. The summed E-state index contributed by atoms with van der Waals surface area (Å²) in [5.41, 5.74) is 2.30. The van der Waals surface area contributed by atoms with Crippen molar-refractivity contribution in [3.05, 3.63) is 62.7 Å². The van der Waals surface area contributed by atoms with Crippen molar-refractivity contribution in [2.45, 2.75) is 6.92 Å². The lowest BCUT2D eigenvalue weighted by atomic mass is 10.1. The predicted octanol–water partition coefficient (Wildman–Crippen LogP) is 6.34. The number of nitrogens with zero attached hydrogens (tertiary/aromatic N) is 1. The largest absolute Gasteiger partial charge is 0.236 e. The monoisotopic (exact) mass is 381 g/mol. The molecule has 1 heterocycles. The number of rotatable bonds is 2. The molecule has 0 N–H and O–H groups in total. The fourth-order valence-corrected chi connectivity index (χ4v) is 3.68. The molecule has 3 rings (SSSR count). The van der Waals surface area contributed by atoms with Gasteiger partial charge in [0.15, 0.2) is 5.82 Å². The van der Waals surface area contributed by atoms with Crippen LogP contribution in [0.3, 0.4) is 0 Å². The van der Waals surface area contributed by atoms with Crippen LogP contribution in [0.2, 0.25) is 5.02 Å². The summed E-state index contributed by atoms with van der Waals surface area (Å²) in [5, 5.41) is 0.751. The minimum atomic E-state index is -0.424. The molecule has 1 nitrogen and oxygen atoms in total. The number of aryl methyl sites for hydroxylation is 1. The summed E-state index contributed by atoms with van der Waals surface area (Å²) in [6.07, 6.45) is 0. The standard InChI is InChI=1S/C16H10BrClFNS/c1-9-15(10-5-2-3-7-12(10)17)20-16(21-9)11-6-4-8-13(18)14(11)19/h2-8H,1H3. The van der Waals surface area contributed by atoms with E-state index in [1.165, 1.54) is 17.4 Å². The molecule has 0 spiro atoms. The zero-order chi connectivity index (χ0) is 15.0. The molecule has 0 saturated carbocycles. The molecule has 3 aromatic rings. The van der Waals surface area contributed by atoms with Gasteiger partial charge in [0.05, 0.1) is 10.7 Å². The molecule has 0 aliphatic rings. The summed E-state index contributed by atoms with van der Waals surface area (Å²) in [7, 11) is 0. The molecule has 0 bridgehead atoms.